The first-order valence-electron chi connectivity index (χ1n) is 22.7. The molecule has 0 amide bonds. The number of nitrogens with zero attached hydrogens (tertiary/aromatic N) is 4. The molecule has 0 saturated carbocycles. The number of fused-ring (bicyclic) bond motifs is 2. The number of methoxy groups -OCH3 is 2. The largest absolute Gasteiger partial charge is 0.543 e. The standard InChI is InChI=1S/C30H34F2N2O4Si.C24H20F2N2O4/c1-8-37-29(35)27-26(22-10-9-15-33-28(22)36-5)23-17-21(38-39(6,7)30(2,3)4)13-14-25(23)34(27)18-19-11-12-20(31)16-24(19)32;1-3-32-24(30)22-21(17-5-4-10-27-23(17)31-2)18-12-16(29)8-9-20(18)28(22)13-14-6-7-15(25)11-19(14)26/h9-17H,8,18H2,1-7H3;4-12,29H,3,13H2,1-2H3. The maximum Gasteiger partial charge on any atom is 0.355 e. The van der Waals surface area contributed by atoms with Crippen molar-refractivity contribution < 1.29 is 55.6 Å². The number of phenolic OH excluding ortho intramolecular Hbond substituents is 1. The maximum atomic E-state index is 14.8. The lowest BCUT2D eigenvalue weighted by atomic mass is 10.0. The molecular formula is C54H54F4N4O8Si. The number of phenols is 1. The molecule has 71 heavy (non-hydrogen) atoms. The highest BCUT2D eigenvalue weighted by atomic mass is 28.4. The highest BCUT2D eigenvalue weighted by Crippen LogP contribution is 2.44. The van der Waals surface area contributed by atoms with E-state index in [-0.39, 0.29) is 65.5 Å². The number of esters is 2. The maximum absolute atomic E-state index is 14.8. The van der Waals surface area contributed by atoms with Gasteiger partial charge in [-0.25, -0.2) is 37.1 Å². The Morgan fingerprint density at radius 2 is 1.08 bits per heavy atom. The number of carbonyl (C=O) groups excluding carboxylic acids is 2. The first-order chi connectivity index (χ1) is 33.8. The molecule has 0 atom stereocenters. The summed E-state index contributed by atoms with van der Waals surface area (Å²) >= 11 is 0. The zero-order chi connectivity index (χ0) is 51.4. The van der Waals surface area contributed by atoms with Crippen molar-refractivity contribution in [2.24, 2.45) is 0 Å². The van der Waals surface area contributed by atoms with Crippen molar-refractivity contribution >= 4 is 42.1 Å². The molecule has 0 radical (unpaired) electrons. The number of aromatic nitrogens is 4. The summed E-state index contributed by atoms with van der Waals surface area (Å²) in [7, 11) is 0.784. The predicted molar refractivity (Wildman–Crippen MR) is 266 cm³/mol. The van der Waals surface area contributed by atoms with Gasteiger partial charge in [0.2, 0.25) is 20.1 Å². The highest BCUT2D eigenvalue weighted by Gasteiger charge is 2.39. The average molecular weight is 991 g/mol. The van der Waals surface area contributed by atoms with Crippen LogP contribution in [0.1, 0.15) is 66.7 Å². The molecule has 4 heterocycles. The van der Waals surface area contributed by atoms with Gasteiger partial charge in [0.25, 0.3) is 0 Å². The van der Waals surface area contributed by atoms with Crippen LogP contribution in [-0.4, -0.2) is 71.9 Å². The van der Waals surface area contributed by atoms with E-state index in [0.29, 0.717) is 55.7 Å². The molecule has 4 aromatic heterocycles. The smallest absolute Gasteiger partial charge is 0.355 e. The summed E-state index contributed by atoms with van der Waals surface area (Å²) in [5, 5.41) is 11.4. The number of halogens is 4. The van der Waals surface area contributed by atoms with Gasteiger partial charge in [0.05, 0.1) is 40.5 Å². The first-order valence-corrected chi connectivity index (χ1v) is 25.6. The van der Waals surface area contributed by atoms with E-state index < -0.39 is 43.5 Å². The van der Waals surface area contributed by atoms with Crippen molar-refractivity contribution in [2.75, 3.05) is 27.4 Å². The van der Waals surface area contributed by atoms with Gasteiger partial charge in [0, 0.05) is 79.7 Å². The van der Waals surface area contributed by atoms with E-state index in [1.54, 1.807) is 59.6 Å². The number of hydrogen-bond donors (Lipinski definition) is 1. The second-order valence-electron chi connectivity index (χ2n) is 17.9. The summed E-state index contributed by atoms with van der Waals surface area (Å²) in [6.07, 6.45) is 3.16. The van der Waals surface area contributed by atoms with Crippen LogP contribution in [0, 0.1) is 23.3 Å². The van der Waals surface area contributed by atoms with Crippen LogP contribution in [0.5, 0.6) is 23.3 Å². The average Bonchev–Trinajstić information content (AvgIpc) is 3.81. The quantitative estimate of drug-likeness (QED) is 0.0637. The molecule has 0 fully saturated rings. The van der Waals surface area contributed by atoms with Gasteiger partial charge in [-0.05, 0) is 105 Å². The van der Waals surface area contributed by atoms with E-state index in [9.17, 15) is 32.3 Å². The van der Waals surface area contributed by atoms with E-state index in [1.807, 2.05) is 24.3 Å². The van der Waals surface area contributed by atoms with Gasteiger partial charge >= 0.3 is 11.9 Å². The number of ether oxygens (including phenoxy) is 4. The molecule has 0 spiro atoms. The number of carbonyl (C=O) groups is 2. The molecule has 12 nitrogen and oxygen atoms in total. The zero-order valence-corrected chi connectivity index (χ0v) is 41.8. The Balaban J connectivity index is 0.000000213. The van der Waals surface area contributed by atoms with Crippen LogP contribution in [0.2, 0.25) is 18.1 Å². The molecular weight excluding hydrogens is 937 g/mol. The van der Waals surface area contributed by atoms with Gasteiger partial charge < -0.3 is 37.6 Å². The minimum absolute atomic E-state index is 0.0119. The normalized spacial score (nSPS) is 11.6. The summed E-state index contributed by atoms with van der Waals surface area (Å²) < 4.78 is 88.0. The minimum Gasteiger partial charge on any atom is -0.543 e. The lowest BCUT2D eigenvalue weighted by Crippen LogP contribution is -2.43. The van der Waals surface area contributed by atoms with Gasteiger partial charge in [-0.1, -0.05) is 32.9 Å². The minimum atomic E-state index is -2.18. The van der Waals surface area contributed by atoms with Gasteiger partial charge in [0.1, 0.15) is 46.2 Å². The Labute approximate surface area is 409 Å². The van der Waals surface area contributed by atoms with E-state index in [2.05, 4.69) is 43.8 Å². The lowest BCUT2D eigenvalue weighted by Gasteiger charge is -2.36. The monoisotopic (exact) mass is 990 g/mol. The second-order valence-corrected chi connectivity index (χ2v) is 22.6. The molecule has 0 saturated heterocycles. The van der Waals surface area contributed by atoms with Gasteiger partial charge in [-0.15, -0.1) is 0 Å². The molecule has 1 N–H and O–H groups in total. The third-order valence-corrected chi connectivity index (χ3v) is 16.7. The first kappa shape index (κ1) is 51.2. The van der Waals surface area contributed by atoms with Crippen molar-refractivity contribution in [3.63, 3.8) is 0 Å². The van der Waals surface area contributed by atoms with Crippen molar-refractivity contribution in [1.29, 1.82) is 0 Å². The van der Waals surface area contributed by atoms with E-state index in [4.69, 9.17) is 23.4 Å². The van der Waals surface area contributed by atoms with Crippen LogP contribution in [-0.2, 0) is 22.6 Å². The van der Waals surface area contributed by atoms with Crippen LogP contribution in [0.15, 0.2) is 109 Å². The topological polar surface area (TPSA) is 136 Å². The zero-order valence-electron chi connectivity index (χ0n) is 40.8. The summed E-state index contributed by atoms with van der Waals surface area (Å²) in [4.78, 5) is 35.2. The fourth-order valence-electron chi connectivity index (χ4n) is 8.01. The molecule has 0 aliphatic carbocycles. The molecule has 370 valence electrons. The van der Waals surface area contributed by atoms with E-state index in [0.717, 1.165) is 18.2 Å². The summed E-state index contributed by atoms with van der Waals surface area (Å²) in [5.74, 6) is -2.77. The Kier molecular flexibility index (Phi) is 15.2. The van der Waals surface area contributed by atoms with Crippen molar-refractivity contribution in [2.45, 2.75) is 65.8 Å². The number of pyridine rings is 2. The van der Waals surface area contributed by atoms with Gasteiger partial charge in [0.15, 0.2) is 0 Å². The molecule has 0 unspecified atom stereocenters. The van der Waals surface area contributed by atoms with Crippen LogP contribution in [0.3, 0.4) is 0 Å². The fourth-order valence-corrected chi connectivity index (χ4v) is 9.04. The van der Waals surface area contributed by atoms with Crippen molar-refractivity contribution in [3.8, 4) is 45.5 Å². The molecule has 0 aliphatic heterocycles. The summed E-state index contributed by atoms with van der Waals surface area (Å²) in [6.45, 7) is 14.4. The van der Waals surface area contributed by atoms with Crippen LogP contribution < -0.4 is 13.9 Å². The fraction of sp³-hybridized carbons (Fsp3) is 0.259. The molecule has 8 rings (SSSR count). The number of aromatic hydroxyl groups is 1. The molecule has 17 heteroatoms. The van der Waals surface area contributed by atoms with E-state index >= 15 is 0 Å². The Bertz CT molecular complexity index is 3270. The third-order valence-electron chi connectivity index (χ3n) is 12.4. The summed E-state index contributed by atoms with van der Waals surface area (Å²) in [5.41, 5.74) is 4.03. The van der Waals surface area contributed by atoms with E-state index in [1.165, 1.54) is 44.6 Å². The molecule has 8 aromatic rings. The number of benzene rings is 4. The van der Waals surface area contributed by atoms with Crippen LogP contribution >= 0.6 is 0 Å². The van der Waals surface area contributed by atoms with Gasteiger partial charge in [-0.3, -0.25) is 0 Å². The van der Waals surface area contributed by atoms with Crippen LogP contribution in [0.25, 0.3) is 44.1 Å². The molecule has 0 bridgehead atoms. The lowest BCUT2D eigenvalue weighted by molar-refractivity contribution is 0.0506. The Morgan fingerprint density at radius 3 is 1.51 bits per heavy atom. The number of hydrogen-bond acceptors (Lipinski definition) is 10. The highest BCUT2D eigenvalue weighted by molar-refractivity contribution is 6.74. The van der Waals surface area contributed by atoms with Crippen molar-refractivity contribution in [3.05, 3.63) is 155 Å². The SMILES string of the molecule is CCOC(=O)c1c(-c2cccnc2OC)c2cc(O)ccc2n1Cc1ccc(F)cc1F.CCOC(=O)c1c(-c2cccnc2OC)c2cc(O[Si](C)(C)C(C)(C)C)ccc2n1Cc1ccc(F)cc1F. The van der Waals surface area contributed by atoms with Crippen LogP contribution in [0.4, 0.5) is 17.6 Å². The Morgan fingerprint density at radius 1 is 0.634 bits per heavy atom. The van der Waals surface area contributed by atoms with Gasteiger partial charge in [-0.2, -0.15) is 0 Å². The third kappa shape index (κ3) is 10.6. The molecule has 0 aliphatic rings. The van der Waals surface area contributed by atoms with Crippen molar-refractivity contribution in [1.82, 2.24) is 19.1 Å². The molecule has 4 aromatic carbocycles. The second kappa shape index (κ2) is 21.1. The predicted octanol–water partition coefficient (Wildman–Crippen LogP) is 12.5. The Hall–Kier alpha value is -7.66. The summed E-state index contributed by atoms with van der Waals surface area (Å²) in [6, 6.07) is 23.9. The number of rotatable bonds is 14.